The first-order valence-electron chi connectivity index (χ1n) is 7.41. The fourth-order valence-corrected chi connectivity index (χ4v) is 3.21. The smallest absolute Gasteiger partial charge is 0.222 e. The number of para-hydroxylation sites is 2. The molecule has 0 bridgehead atoms. The molecule has 0 radical (unpaired) electrons. The summed E-state index contributed by atoms with van der Waals surface area (Å²) in [5.74, 6) is 2.14. The number of aromatic nitrogens is 2. The number of nitrogens with one attached hydrogen (secondary N) is 2. The number of carbonyl (C=O) groups is 1. The van der Waals surface area contributed by atoms with Gasteiger partial charge in [-0.1, -0.05) is 12.1 Å². The average molecular weight is 271 g/mol. The number of carbonyl (C=O) groups excluding carboxylic acids is 1. The second kappa shape index (κ2) is 5.65. The van der Waals surface area contributed by atoms with Crippen molar-refractivity contribution in [2.24, 2.45) is 11.8 Å². The molecule has 1 saturated carbocycles. The van der Waals surface area contributed by atoms with E-state index in [0.29, 0.717) is 5.92 Å². The monoisotopic (exact) mass is 271 g/mol. The summed E-state index contributed by atoms with van der Waals surface area (Å²) in [6.07, 6.45) is 5.24. The van der Waals surface area contributed by atoms with Gasteiger partial charge in [-0.15, -0.1) is 0 Å². The highest BCUT2D eigenvalue weighted by atomic mass is 16.1. The molecule has 106 valence electrons. The molecule has 0 aliphatic heterocycles. The van der Waals surface area contributed by atoms with Crippen molar-refractivity contribution in [3.63, 3.8) is 0 Å². The molecular weight excluding hydrogens is 250 g/mol. The topological polar surface area (TPSA) is 57.8 Å². The Morgan fingerprint density at radius 1 is 1.30 bits per heavy atom. The lowest BCUT2D eigenvalue weighted by molar-refractivity contribution is -0.125. The van der Waals surface area contributed by atoms with Gasteiger partial charge < -0.3 is 10.3 Å². The standard InChI is InChI=1S/C16H21N3O/c1-17-16(20)12-8-6-11(7-9-12)10-15-18-13-4-2-3-5-14(13)19-15/h2-5,11-12H,6-10H2,1H3,(H,17,20)(H,18,19). The van der Waals surface area contributed by atoms with Crippen LogP contribution in [0.1, 0.15) is 31.5 Å². The molecule has 1 fully saturated rings. The molecule has 4 nitrogen and oxygen atoms in total. The van der Waals surface area contributed by atoms with Crippen molar-refractivity contribution in [2.75, 3.05) is 7.05 Å². The Hall–Kier alpha value is -1.84. The number of aromatic amines is 1. The highest BCUT2D eigenvalue weighted by Crippen LogP contribution is 2.31. The van der Waals surface area contributed by atoms with Crippen molar-refractivity contribution in [2.45, 2.75) is 32.1 Å². The highest BCUT2D eigenvalue weighted by molar-refractivity contribution is 5.78. The number of H-pyrrole nitrogens is 1. The van der Waals surface area contributed by atoms with Crippen LogP contribution in [0.15, 0.2) is 24.3 Å². The van der Waals surface area contributed by atoms with E-state index in [0.717, 1.165) is 49.0 Å². The molecule has 1 heterocycles. The minimum atomic E-state index is 0.201. The zero-order chi connectivity index (χ0) is 13.9. The van der Waals surface area contributed by atoms with Crippen LogP contribution in [0.2, 0.25) is 0 Å². The van der Waals surface area contributed by atoms with E-state index in [1.165, 1.54) is 0 Å². The summed E-state index contributed by atoms with van der Waals surface area (Å²) in [5, 5.41) is 2.76. The summed E-state index contributed by atoms with van der Waals surface area (Å²) in [7, 11) is 1.73. The van der Waals surface area contributed by atoms with Gasteiger partial charge in [0.2, 0.25) is 5.91 Å². The Balaban J connectivity index is 1.60. The fraction of sp³-hybridized carbons (Fsp3) is 0.500. The minimum Gasteiger partial charge on any atom is -0.359 e. The van der Waals surface area contributed by atoms with Gasteiger partial charge in [-0.25, -0.2) is 4.98 Å². The molecule has 3 rings (SSSR count). The molecule has 1 amide bonds. The fourth-order valence-electron chi connectivity index (χ4n) is 3.21. The SMILES string of the molecule is CNC(=O)C1CCC(Cc2nc3ccccc3[nH]2)CC1. The second-order valence-corrected chi connectivity index (χ2v) is 5.74. The van der Waals surface area contributed by atoms with Crippen LogP contribution in [-0.4, -0.2) is 22.9 Å². The van der Waals surface area contributed by atoms with Crippen LogP contribution in [0.4, 0.5) is 0 Å². The van der Waals surface area contributed by atoms with Crippen molar-refractivity contribution >= 4 is 16.9 Å². The Morgan fingerprint density at radius 3 is 2.75 bits per heavy atom. The minimum absolute atomic E-state index is 0.201. The van der Waals surface area contributed by atoms with E-state index in [1.807, 2.05) is 18.2 Å². The third-order valence-corrected chi connectivity index (χ3v) is 4.38. The molecule has 2 aromatic rings. The van der Waals surface area contributed by atoms with Crippen LogP contribution in [-0.2, 0) is 11.2 Å². The van der Waals surface area contributed by atoms with Crippen LogP contribution in [0.3, 0.4) is 0 Å². The maximum Gasteiger partial charge on any atom is 0.222 e. The second-order valence-electron chi connectivity index (χ2n) is 5.74. The molecule has 0 unspecified atom stereocenters. The predicted octanol–water partition coefficient (Wildman–Crippen LogP) is 2.66. The molecule has 1 aromatic heterocycles. The Kier molecular flexibility index (Phi) is 3.72. The summed E-state index contributed by atoms with van der Waals surface area (Å²) in [4.78, 5) is 19.7. The summed E-state index contributed by atoms with van der Waals surface area (Å²) >= 11 is 0. The van der Waals surface area contributed by atoms with Gasteiger partial charge in [-0.2, -0.15) is 0 Å². The quantitative estimate of drug-likeness (QED) is 0.901. The van der Waals surface area contributed by atoms with Gasteiger partial charge in [0.15, 0.2) is 0 Å². The van der Waals surface area contributed by atoms with Crippen molar-refractivity contribution in [3.05, 3.63) is 30.1 Å². The zero-order valence-corrected chi connectivity index (χ0v) is 11.9. The van der Waals surface area contributed by atoms with Crippen LogP contribution < -0.4 is 5.32 Å². The van der Waals surface area contributed by atoms with Gasteiger partial charge in [-0.3, -0.25) is 4.79 Å². The van der Waals surface area contributed by atoms with Gasteiger partial charge in [0.05, 0.1) is 11.0 Å². The predicted molar refractivity (Wildman–Crippen MR) is 79.3 cm³/mol. The summed E-state index contributed by atoms with van der Waals surface area (Å²) in [6.45, 7) is 0. The van der Waals surface area contributed by atoms with E-state index in [9.17, 15) is 4.79 Å². The normalized spacial score (nSPS) is 22.9. The number of hydrogen-bond donors (Lipinski definition) is 2. The lowest BCUT2D eigenvalue weighted by atomic mass is 9.80. The van der Waals surface area contributed by atoms with E-state index in [1.54, 1.807) is 7.05 Å². The molecule has 2 N–H and O–H groups in total. The first-order chi connectivity index (χ1) is 9.76. The van der Waals surface area contributed by atoms with E-state index in [4.69, 9.17) is 0 Å². The van der Waals surface area contributed by atoms with Crippen molar-refractivity contribution in [3.8, 4) is 0 Å². The number of amides is 1. The molecule has 0 spiro atoms. The molecule has 0 saturated heterocycles. The molecular formula is C16H21N3O. The number of hydrogen-bond acceptors (Lipinski definition) is 2. The molecule has 4 heteroatoms. The number of benzene rings is 1. The molecule has 1 aliphatic carbocycles. The lowest BCUT2D eigenvalue weighted by Gasteiger charge is -2.26. The first-order valence-corrected chi connectivity index (χ1v) is 7.41. The van der Waals surface area contributed by atoms with E-state index >= 15 is 0 Å². The van der Waals surface area contributed by atoms with Gasteiger partial charge in [0, 0.05) is 19.4 Å². The van der Waals surface area contributed by atoms with E-state index < -0.39 is 0 Å². The van der Waals surface area contributed by atoms with Crippen molar-refractivity contribution in [1.29, 1.82) is 0 Å². The molecule has 1 aliphatic rings. The largest absolute Gasteiger partial charge is 0.359 e. The van der Waals surface area contributed by atoms with Crippen molar-refractivity contribution in [1.82, 2.24) is 15.3 Å². The number of imidazole rings is 1. The van der Waals surface area contributed by atoms with Gasteiger partial charge in [0.25, 0.3) is 0 Å². The highest BCUT2D eigenvalue weighted by Gasteiger charge is 2.26. The summed E-state index contributed by atoms with van der Waals surface area (Å²) in [5.41, 5.74) is 2.16. The summed E-state index contributed by atoms with van der Waals surface area (Å²) < 4.78 is 0. The zero-order valence-electron chi connectivity index (χ0n) is 11.9. The Labute approximate surface area is 119 Å². The van der Waals surface area contributed by atoms with Gasteiger partial charge in [-0.05, 0) is 43.7 Å². The molecule has 0 atom stereocenters. The third kappa shape index (κ3) is 2.69. The van der Waals surface area contributed by atoms with Crippen LogP contribution in [0.25, 0.3) is 11.0 Å². The van der Waals surface area contributed by atoms with Gasteiger partial charge in [0.1, 0.15) is 5.82 Å². The maximum atomic E-state index is 11.6. The van der Waals surface area contributed by atoms with Crippen LogP contribution in [0.5, 0.6) is 0 Å². The number of nitrogens with zero attached hydrogens (tertiary/aromatic N) is 1. The Bertz CT molecular complexity index is 564. The Morgan fingerprint density at radius 2 is 2.05 bits per heavy atom. The van der Waals surface area contributed by atoms with Gasteiger partial charge >= 0.3 is 0 Å². The molecule has 20 heavy (non-hydrogen) atoms. The maximum absolute atomic E-state index is 11.6. The lowest BCUT2D eigenvalue weighted by Crippen LogP contribution is -2.31. The third-order valence-electron chi connectivity index (χ3n) is 4.38. The van der Waals surface area contributed by atoms with E-state index in [2.05, 4.69) is 21.4 Å². The molecule has 1 aromatic carbocycles. The van der Waals surface area contributed by atoms with E-state index in [-0.39, 0.29) is 11.8 Å². The van der Waals surface area contributed by atoms with Crippen molar-refractivity contribution < 1.29 is 4.79 Å². The number of rotatable bonds is 3. The number of fused-ring (bicyclic) bond motifs is 1. The van der Waals surface area contributed by atoms with Crippen LogP contribution >= 0.6 is 0 Å². The average Bonchev–Trinajstić information content (AvgIpc) is 2.89. The first kappa shape index (κ1) is 13.2. The summed E-state index contributed by atoms with van der Waals surface area (Å²) in [6, 6.07) is 8.15. The van der Waals surface area contributed by atoms with Crippen LogP contribution in [0, 0.1) is 11.8 Å².